The van der Waals surface area contributed by atoms with E-state index < -0.39 is 10.0 Å². The molecule has 3 nitrogen and oxygen atoms in total. The number of sulfonamides is 1. The van der Waals surface area contributed by atoms with Crippen LogP contribution in [0.4, 0.5) is 0 Å². The van der Waals surface area contributed by atoms with Crippen LogP contribution in [-0.2, 0) is 10.0 Å². The summed E-state index contributed by atoms with van der Waals surface area (Å²) in [5, 5.41) is 0. The van der Waals surface area contributed by atoms with Gasteiger partial charge in [-0.15, -0.1) is 0 Å². The van der Waals surface area contributed by atoms with Crippen molar-refractivity contribution in [2.24, 2.45) is 0 Å². The lowest BCUT2D eigenvalue weighted by molar-refractivity contribution is 0.522. The maximum Gasteiger partial charge on any atom is 0.240 e. The van der Waals surface area contributed by atoms with Crippen LogP contribution in [0.15, 0.2) is 35.2 Å². The van der Waals surface area contributed by atoms with E-state index in [9.17, 15) is 8.42 Å². The zero-order chi connectivity index (χ0) is 13.4. The van der Waals surface area contributed by atoms with Crippen LogP contribution in [0.1, 0.15) is 46.0 Å². The van der Waals surface area contributed by atoms with Gasteiger partial charge in [-0.2, -0.15) is 0 Å². The molecule has 4 heteroatoms. The van der Waals surface area contributed by atoms with Gasteiger partial charge in [0, 0.05) is 6.04 Å². The molecule has 0 aliphatic heterocycles. The van der Waals surface area contributed by atoms with E-state index in [0.29, 0.717) is 4.90 Å². The number of hydrogen-bond donors (Lipinski definition) is 1. The monoisotopic (exact) mass is 269 g/mol. The minimum Gasteiger partial charge on any atom is -0.208 e. The van der Waals surface area contributed by atoms with Crippen molar-refractivity contribution in [3.05, 3.63) is 30.3 Å². The molecule has 0 aliphatic rings. The quantitative estimate of drug-likeness (QED) is 0.736. The van der Waals surface area contributed by atoms with Gasteiger partial charge in [0.05, 0.1) is 4.90 Å². The minimum atomic E-state index is -3.35. The lowest BCUT2D eigenvalue weighted by Gasteiger charge is -2.14. The van der Waals surface area contributed by atoms with Crippen molar-refractivity contribution in [1.29, 1.82) is 0 Å². The van der Waals surface area contributed by atoms with E-state index in [1.54, 1.807) is 24.3 Å². The van der Waals surface area contributed by atoms with Gasteiger partial charge in [0.15, 0.2) is 0 Å². The second-order valence-corrected chi connectivity index (χ2v) is 6.40. The molecule has 1 N–H and O–H groups in total. The van der Waals surface area contributed by atoms with E-state index in [0.717, 1.165) is 12.8 Å². The molecule has 1 aromatic carbocycles. The third kappa shape index (κ3) is 5.19. The van der Waals surface area contributed by atoms with Gasteiger partial charge < -0.3 is 0 Å². The molecule has 1 rings (SSSR count). The summed E-state index contributed by atoms with van der Waals surface area (Å²) in [7, 11) is -3.35. The molecule has 0 spiro atoms. The van der Waals surface area contributed by atoms with Crippen molar-refractivity contribution >= 4 is 10.0 Å². The number of unbranched alkanes of at least 4 members (excludes halogenated alkanes) is 3. The smallest absolute Gasteiger partial charge is 0.208 e. The molecule has 0 aromatic heterocycles. The topological polar surface area (TPSA) is 46.2 Å². The molecule has 0 saturated carbocycles. The summed E-state index contributed by atoms with van der Waals surface area (Å²) in [4.78, 5) is 0.338. The standard InChI is InChI=1S/C14H23NO2S/c1-3-4-5-7-10-13(2)15-18(16,17)14-11-8-6-9-12-14/h6,8-9,11-13,15H,3-5,7,10H2,1-2H3. The number of hydrogen-bond acceptors (Lipinski definition) is 2. The van der Waals surface area contributed by atoms with Crippen LogP contribution in [-0.4, -0.2) is 14.5 Å². The highest BCUT2D eigenvalue weighted by molar-refractivity contribution is 7.89. The first kappa shape index (κ1) is 15.2. The van der Waals surface area contributed by atoms with Gasteiger partial charge in [0.25, 0.3) is 0 Å². The number of rotatable bonds is 8. The minimum absolute atomic E-state index is 0.00735. The summed E-state index contributed by atoms with van der Waals surface area (Å²) in [6.45, 7) is 4.09. The van der Waals surface area contributed by atoms with E-state index in [1.165, 1.54) is 19.3 Å². The first-order valence-corrected chi connectivity index (χ1v) is 8.12. The molecule has 102 valence electrons. The zero-order valence-electron chi connectivity index (χ0n) is 11.2. The summed E-state index contributed by atoms with van der Waals surface area (Å²) in [5.74, 6) is 0. The largest absolute Gasteiger partial charge is 0.240 e. The van der Waals surface area contributed by atoms with Gasteiger partial charge in [0.1, 0.15) is 0 Å². The SMILES string of the molecule is CCCCCCC(C)NS(=O)(=O)c1ccccc1. The van der Waals surface area contributed by atoms with Crippen LogP contribution < -0.4 is 4.72 Å². The first-order valence-electron chi connectivity index (χ1n) is 6.63. The highest BCUT2D eigenvalue weighted by atomic mass is 32.2. The molecule has 1 unspecified atom stereocenters. The Bertz CT molecular complexity index is 428. The third-order valence-corrected chi connectivity index (χ3v) is 4.51. The summed E-state index contributed by atoms with van der Waals surface area (Å²) in [5.41, 5.74) is 0. The van der Waals surface area contributed by atoms with Crippen LogP contribution in [0.2, 0.25) is 0 Å². The van der Waals surface area contributed by atoms with Crippen molar-refractivity contribution in [3.63, 3.8) is 0 Å². The fourth-order valence-corrected chi connectivity index (χ4v) is 3.17. The Labute approximate surface area is 111 Å². The molecule has 0 radical (unpaired) electrons. The summed E-state index contributed by atoms with van der Waals surface area (Å²) in [6.07, 6.45) is 5.56. The van der Waals surface area contributed by atoms with E-state index in [-0.39, 0.29) is 6.04 Å². The van der Waals surface area contributed by atoms with Crippen molar-refractivity contribution < 1.29 is 8.42 Å². The van der Waals surface area contributed by atoms with Gasteiger partial charge >= 0.3 is 0 Å². The lowest BCUT2D eigenvalue weighted by atomic mass is 10.1. The summed E-state index contributed by atoms with van der Waals surface area (Å²) < 4.78 is 26.8. The van der Waals surface area contributed by atoms with Crippen molar-refractivity contribution in [2.75, 3.05) is 0 Å². The molecule has 0 aliphatic carbocycles. The highest BCUT2D eigenvalue weighted by Crippen LogP contribution is 2.11. The summed E-state index contributed by atoms with van der Waals surface area (Å²) in [6, 6.07) is 8.51. The zero-order valence-corrected chi connectivity index (χ0v) is 12.0. The van der Waals surface area contributed by atoms with Crippen molar-refractivity contribution in [3.8, 4) is 0 Å². The Morgan fingerprint density at radius 3 is 2.39 bits per heavy atom. The molecule has 0 heterocycles. The molecular weight excluding hydrogens is 246 g/mol. The van der Waals surface area contributed by atoms with E-state index in [1.807, 2.05) is 13.0 Å². The first-order chi connectivity index (χ1) is 8.56. The second-order valence-electron chi connectivity index (χ2n) is 4.68. The van der Waals surface area contributed by atoms with E-state index in [4.69, 9.17) is 0 Å². The fraction of sp³-hybridized carbons (Fsp3) is 0.571. The predicted molar refractivity (Wildman–Crippen MR) is 75.0 cm³/mol. The van der Waals surface area contributed by atoms with Gasteiger partial charge in [0.2, 0.25) is 10.0 Å². The van der Waals surface area contributed by atoms with E-state index in [2.05, 4.69) is 11.6 Å². The Morgan fingerprint density at radius 2 is 1.78 bits per heavy atom. The molecule has 18 heavy (non-hydrogen) atoms. The van der Waals surface area contributed by atoms with Crippen LogP contribution in [0, 0.1) is 0 Å². The van der Waals surface area contributed by atoms with Crippen molar-refractivity contribution in [2.45, 2.75) is 56.9 Å². The molecule has 0 saturated heterocycles. The normalized spacial score (nSPS) is 13.4. The van der Waals surface area contributed by atoms with Gasteiger partial charge in [-0.3, -0.25) is 0 Å². The molecule has 0 fully saturated rings. The Hall–Kier alpha value is -0.870. The van der Waals surface area contributed by atoms with Crippen LogP contribution in [0.5, 0.6) is 0 Å². The summed E-state index contributed by atoms with van der Waals surface area (Å²) >= 11 is 0. The van der Waals surface area contributed by atoms with E-state index >= 15 is 0 Å². The molecule has 0 bridgehead atoms. The number of benzene rings is 1. The average molecular weight is 269 g/mol. The maximum atomic E-state index is 12.0. The van der Waals surface area contributed by atoms with Crippen LogP contribution in [0.25, 0.3) is 0 Å². The molecule has 0 amide bonds. The molecule has 1 atom stereocenters. The maximum absolute atomic E-state index is 12.0. The molecular formula is C14H23NO2S. The molecule has 1 aromatic rings. The lowest BCUT2D eigenvalue weighted by Crippen LogP contribution is -2.32. The Kier molecular flexibility index (Phi) is 6.36. The average Bonchev–Trinajstić information content (AvgIpc) is 2.35. The van der Waals surface area contributed by atoms with Gasteiger partial charge in [-0.1, -0.05) is 50.8 Å². The second kappa shape index (κ2) is 7.54. The van der Waals surface area contributed by atoms with Gasteiger partial charge in [-0.05, 0) is 25.5 Å². The van der Waals surface area contributed by atoms with Crippen LogP contribution >= 0.6 is 0 Å². The number of nitrogens with one attached hydrogen (secondary N) is 1. The predicted octanol–water partition coefficient (Wildman–Crippen LogP) is 3.32. The third-order valence-electron chi connectivity index (χ3n) is 2.90. The Morgan fingerprint density at radius 1 is 1.11 bits per heavy atom. The van der Waals surface area contributed by atoms with Crippen LogP contribution in [0.3, 0.4) is 0 Å². The van der Waals surface area contributed by atoms with Gasteiger partial charge in [-0.25, -0.2) is 13.1 Å². The Balaban J connectivity index is 2.46. The van der Waals surface area contributed by atoms with Crippen molar-refractivity contribution in [1.82, 2.24) is 4.72 Å². The highest BCUT2D eigenvalue weighted by Gasteiger charge is 2.16. The fourth-order valence-electron chi connectivity index (χ4n) is 1.87.